The third kappa shape index (κ3) is 1.87. The molecular weight excluding hydrogens is 234 g/mol. The number of aromatic nitrogens is 4. The Hall–Kier alpha value is -1.95. The van der Waals surface area contributed by atoms with Crippen molar-refractivity contribution in [3.63, 3.8) is 0 Å². The van der Waals surface area contributed by atoms with E-state index in [2.05, 4.69) is 20.3 Å². The molecule has 0 radical (unpaired) electrons. The van der Waals surface area contributed by atoms with Crippen LogP contribution in [0.5, 0.6) is 0 Å². The highest BCUT2D eigenvalue weighted by atomic mass is 32.1. The molecule has 0 saturated carbocycles. The molecule has 0 unspecified atom stereocenters. The average Bonchev–Trinajstić information content (AvgIpc) is 2.98. The Morgan fingerprint density at radius 1 is 1.41 bits per heavy atom. The second-order valence-corrected chi connectivity index (χ2v) is 4.51. The number of nitrogens with zero attached hydrogens (tertiary/aromatic N) is 4. The topological polar surface area (TPSA) is 55.6 Å². The molecule has 3 rings (SSSR count). The minimum atomic E-state index is 0.641. The molecule has 17 heavy (non-hydrogen) atoms. The van der Waals surface area contributed by atoms with Crippen molar-refractivity contribution < 1.29 is 0 Å². The van der Waals surface area contributed by atoms with E-state index >= 15 is 0 Å². The van der Waals surface area contributed by atoms with Crippen LogP contribution in [0.25, 0.3) is 10.2 Å². The third-order valence-corrected chi connectivity index (χ3v) is 3.30. The fourth-order valence-corrected chi connectivity index (χ4v) is 2.49. The predicted molar refractivity (Wildman–Crippen MR) is 68.3 cm³/mol. The maximum absolute atomic E-state index is 4.54. The summed E-state index contributed by atoms with van der Waals surface area (Å²) < 4.78 is 1.95. The average molecular weight is 245 g/mol. The normalized spacial score (nSPS) is 10.9. The maximum atomic E-state index is 4.54. The molecule has 0 aliphatic heterocycles. The van der Waals surface area contributed by atoms with E-state index in [0.29, 0.717) is 6.54 Å². The van der Waals surface area contributed by atoms with Crippen LogP contribution >= 0.6 is 11.3 Å². The summed E-state index contributed by atoms with van der Waals surface area (Å²) in [6, 6.07) is 2.03. The number of anilines is 1. The Labute approximate surface area is 102 Å². The Morgan fingerprint density at radius 2 is 2.35 bits per heavy atom. The van der Waals surface area contributed by atoms with Crippen molar-refractivity contribution in [2.45, 2.75) is 6.54 Å². The summed E-state index contributed by atoms with van der Waals surface area (Å²) in [5.41, 5.74) is 0. The molecule has 6 heteroatoms. The minimum absolute atomic E-state index is 0.641. The fourth-order valence-electron chi connectivity index (χ4n) is 1.70. The monoisotopic (exact) mass is 245 g/mol. The molecule has 0 aliphatic carbocycles. The van der Waals surface area contributed by atoms with Crippen molar-refractivity contribution >= 4 is 27.4 Å². The first-order valence-electron chi connectivity index (χ1n) is 5.24. The van der Waals surface area contributed by atoms with Crippen molar-refractivity contribution in [3.05, 3.63) is 36.0 Å². The number of fused-ring (bicyclic) bond motifs is 1. The van der Waals surface area contributed by atoms with E-state index in [1.807, 2.05) is 29.3 Å². The van der Waals surface area contributed by atoms with E-state index in [-0.39, 0.29) is 0 Å². The molecule has 0 bridgehead atoms. The predicted octanol–water partition coefficient (Wildman–Crippen LogP) is 1.98. The molecular formula is C11H11N5S. The van der Waals surface area contributed by atoms with Crippen LogP contribution in [0.2, 0.25) is 0 Å². The van der Waals surface area contributed by atoms with Crippen LogP contribution in [-0.4, -0.2) is 26.6 Å². The lowest BCUT2D eigenvalue weighted by atomic mass is 10.3. The zero-order valence-electron chi connectivity index (χ0n) is 9.29. The summed E-state index contributed by atoms with van der Waals surface area (Å²) in [4.78, 5) is 14.1. The van der Waals surface area contributed by atoms with Crippen LogP contribution < -0.4 is 5.32 Å². The maximum Gasteiger partial charge on any atom is 0.152 e. The highest BCUT2D eigenvalue weighted by Gasteiger charge is 2.07. The lowest BCUT2D eigenvalue weighted by Crippen LogP contribution is -2.04. The second-order valence-electron chi connectivity index (χ2n) is 3.61. The van der Waals surface area contributed by atoms with Gasteiger partial charge >= 0.3 is 0 Å². The van der Waals surface area contributed by atoms with Gasteiger partial charge in [-0.15, -0.1) is 11.3 Å². The van der Waals surface area contributed by atoms with Gasteiger partial charge in [-0.25, -0.2) is 15.0 Å². The standard InChI is InChI=1S/C11H11N5S/c1-12-10-8-2-5-17-11(8)15-9(14-10)6-16-4-3-13-7-16/h2-5,7H,6H2,1H3,(H,12,14,15). The van der Waals surface area contributed by atoms with Crippen LogP contribution in [-0.2, 0) is 6.54 Å². The fraction of sp³-hybridized carbons (Fsp3) is 0.182. The summed E-state index contributed by atoms with van der Waals surface area (Å²) in [5, 5.41) is 6.21. The number of hydrogen-bond donors (Lipinski definition) is 1. The Morgan fingerprint density at radius 3 is 3.12 bits per heavy atom. The zero-order chi connectivity index (χ0) is 11.7. The number of nitrogens with one attached hydrogen (secondary N) is 1. The van der Waals surface area contributed by atoms with Crippen molar-refractivity contribution in [1.82, 2.24) is 19.5 Å². The van der Waals surface area contributed by atoms with Gasteiger partial charge in [-0.3, -0.25) is 0 Å². The summed E-state index contributed by atoms with van der Waals surface area (Å²) in [6.07, 6.45) is 5.42. The molecule has 0 spiro atoms. The molecule has 5 nitrogen and oxygen atoms in total. The van der Waals surface area contributed by atoms with Crippen LogP contribution in [0.15, 0.2) is 30.2 Å². The van der Waals surface area contributed by atoms with E-state index in [0.717, 1.165) is 21.9 Å². The van der Waals surface area contributed by atoms with Gasteiger partial charge in [0.2, 0.25) is 0 Å². The first kappa shape index (κ1) is 10.2. The highest BCUT2D eigenvalue weighted by Crippen LogP contribution is 2.24. The van der Waals surface area contributed by atoms with Gasteiger partial charge in [-0.1, -0.05) is 0 Å². The van der Waals surface area contributed by atoms with Crippen molar-refractivity contribution in [3.8, 4) is 0 Å². The highest BCUT2D eigenvalue weighted by molar-refractivity contribution is 7.16. The van der Waals surface area contributed by atoms with Gasteiger partial charge in [0.05, 0.1) is 18.3 Å². The van der Waals surface area contributed by atoms with Gasteiger partial charge in [-0.05, 0) is 11.4 Å². The minimum Gasteiger partial charge on any atom is -0.372 e. The van der Waals surface area contributed by atoms with Gasteiger partial charge < -0.3 is 9.88 Å². The van der Waals surface area contributed by atoms with Crippen LogP contribution in [0.3, 0.4) is 0 Å². The van der Waals surface area contributed by atoms with Crippen LogP contribution in [0.1, 0.15) is 5.82 Å². The van der Waals surface area contributed by atoms with Gasteiger partial charge in [0.1, 0.15) is 10.6 Å². The molecule has 1 N–H and O–H groups in total. The molecule has 3 heterocycles. The Bertz CT molecular complexity index is 628. The van der Waals surface area contributed by atoms with Crippen molar-refractivity contribution in [2.75, 3.05) is 12.4 Å². The second kappa shape index (κ2) is 4.14. The lowest BCUT2D eigenvalue weighted by molar-refractivity contribution is 0.750. The molecule has 0 amide bonds. The molecule has 0 aromatic carbocycles. The summed E-state index contributed by atoms with van der Waals surface area (Å²) >= 11 is 1.63. The summed E-state index contributed by atoms with van der Waals surface area (Å²) in [7, 11) is 1.88. The first-order chi connectivity index (χ1) is 8.36. The molecule has 0 atom stereocenters. The quantitative estimate of drug-likeness (QED) is 0.766. The van der Waals surface area contributed by atoms with E-state index in [1.54, 1.807) is 23.9 Å². The number of imidazole rings is 1. The summed E-state index contributed by atoms with van der Waals surface area (Å²) in [6.45, 7) is 0.641. The summed E-state index contributed by atoms with van der Waals surface area (Å²) in [5.74, 6) is 1.67. The third-order valence-electron chi connectivity index (χ3n) is 2.49. The molecule has 0 saturated heterocycles. The van der Waals surface area contributed by atoms with E-state index in [1.165, 1.54) is 0 Å². The smallest absolute Gasteiger partial charge is 0.152 e. The van der Waals surface area contributed by atoms with E-state index in [9.17, 15) is 0 Å². The van der Waals surface area contributed by atoms with Crippen molar-refractivity contribution in [2.24, 2.45) is 0 Å². The van der Waals surface area contributed by atoms with Gasteiger partial charge in [-0.2, -0.15) is 0 Å². The SMILES string of the molecule is CNc1nc(Cn2ccnc2)nc2sccc12. The van der Waals surface area contributed by atoms with E-state index < -0.39 is 0 Å². The van der Waals surface area contributed by atoms with Crippen LogP contribution in [0.4, 0.5) is 5.82 Å². The lowest BCUT2D eigenvalue weighted by Gasteiger charge is -2.05. The van der Waals surface area contributed by atoms with E-state index in [4.69, 9.17) is 0 Å². The molecule has 0 aliphatic rings. The number of hydrogen-bond acceptors (Lipinski definition) is 5. The number of rotatable bonds is 3. The molecule has 3 aromatic rings. The Kier molecular flexibility index (Phi) is 2.49. The zero-order valence-corrected chi connectivity index (χ0v) is 10.1. The Balaban J connectivity index is 2.04. The van der Waals surface area contributed by atoms with Gasteiger partial charge in [0.15, 0.2) is 5.82 Å². The largest absolute Gasteiger partial charge is 0.372 e. The van der Waals surface area contributed by atoms with Crippen LogP contribution in [0, 0.1) is 0 Å². The first-order valence-corrected chi connectivity index (χ1v) is 6.12. The van der Waals surface area contributed by atoms with Gasteiger partial charge in [0, 0.05) is 19.4 Å². The van der Waals surface area contributed by atoms with Gasteiger partial charge in [0.25, 0.3) is 0 Å². The van der Waals surface area contributed by atoms with Crippen molar-refractivity contribution in [1.29, 1.82) is 0 Å². The molecule has 0 fully saturated rings. The molecule has 3 aromatic heterocycles. The molecule has 86 valence electrons. The number of thiophene rings is 1.